The molecule has 1 aromatic heterocycles. The highest BCUT2D eigenvalue weighted by Crippen LogP contribution is 2.30. The van der Waals surface area contributed by atoms with Gasteiger partial charge in [-0.25, -0.2) is 4.98 Å². The van der Waals surface area contributed by atoms with E-state index in [2.05, 4.69) is 10.3 Å². The summed E-state index contributed by atoms with van der Waals surface area (Å²) in [5.74, 6) is -1.57. The average molecular weight is 275 g/mol. The molecule has 0 fully saturated rings. The second kappa shape index (κ2) is 4.18. The Morgan fingerprint density at radius 1 is 1.47 bits per heavy atom. The van der Waals surface area contributed by atoms with E-state index in [1.54, 1.807) is 0 Å². The topological polar surface area (TPSA) is 81.1 Å². The Labute approximate surface area is 104 Å². The van der Waals surface area contributed by atoms with Crippen molar-refractivity contribution in [2.24, 2.45) is 0 Å². The van der Waals surface area contributed by atoms with Crippen molar-refractivity contribution in [1.82, 2.24) is 9.55 Å². The molecule has 1 aliphatic heterocycles. The van der Waals surface area contributed by atoms with Gasteiger partial charge in [0.25, 0.3) is 5.56 Å². The Hall–Kier alpha value is -2.19. The van der Waals surface area contributed by atoms with Gasteiger partial charge >= 0.3 is 6.18 Å². The molecule has 1 aromatic rings. The van der Waals surface area contributed by atoms with E-state index in [1.807, 2.05) is 0 Å². The van der Waals surface area contributed by atoms with Gasteiger partial charge in [0, 0.05) is 12.5 Å². The predicted molar refractivity (Wildman–Crippen MR) is 56.5 cm³/mol. The highest BCUT2D eigenvalue weighted by Gasteiger charge is 2.38. The van der Waals surface area contributed by atoms with Crippen LogP contribution in [0.3, 0.4) is 0 Å². The SMILES string of the molecule is CC(=O)CC1C(=O)Nc2nc(C(F)(F)F)cc(=O)n21. The first-order valence-corrected chi connectivity index (χ1v) is 5.21. The molecule has 9 heteroatoms. The third kappa shape index (κ3) is 2.35. The van der Waals surface area contributed by atoms with Crippen LogP contribution in [0.2, 0.25) is 0 Å². The van der Waals surface area contributed by atoms with E-state index in [-0.39, 0.29) is 12.2 Å². The second-order valence-electron chi connectivity index (χ2n) is 4.08. The van der Waals surface area contributed by atoms with E-state index < -0.39 is 35.3 Å². The number of ketones is 1. The number of halogens is 3. The number of carbonyl (C=O) groups is 2. The summed E-state index contributed by atoms with van der Waals surface area (Å²) in [5.41, 5.74) is -2.41. The first kappa shape index (κ1) is 13.2. The monoisotopic (exact) mass is 275 g/mol. The lowest BCUT2D eigenvalue weighted by atomic mass is 10.1. The lowest BCUT2D eigenvalue weighted by molar-refractivity contribution is -0.141. The molecule has 1 amide bonds. The Morgan fingerprint density at radius 2 is 2.11 bits per heavy atom. The van der Waals surface area contributed by atoms with Gasteiger partial charge in [0.1, 0.15) is 11.8 Å². The number of hydrogen-bond acceptors (Lipinski definition) is 4. The van der Waals surface area contributed by atoms with Crippen LogP contribution in [0.4, 0.5) is 19.1 Å². The molecule has 0 spiro atoms. The van der Waals surface area contributed by atoms with E-state index in [0.29, 0.717) is 6.07 Å². The van der Waals surface area contributed by atoms with Crippen LogP contribution in [0.1, 0.15) is 25.1 Å². The maximum absolute atomic E-state index is 12.5. The smallest absolute Gasteiger partial charge is 0.300 e. The van der Waals surface area contributed by atoms with E-state index in [0.717, 1.165) is 4.57 Å². The van der Waals surface area contributed by atoms with E-state index >= 15 is 0 Å². The Bertz CT molecular complexity index is 621. The van der Waals surface area contributed by atoms with Gasteiger partial charge in [-0.15, -0.1) is 0 Å². The van der Waals surface area contributed by atoms with Gasteiger partial charge in [-0.1, -0.05) is 0 Å². The van der Waals surface area contributed by atoms with Gasteiger partial charge in [0.05, 0.1) is 0 Å². The van der Waals surface area contributed by atoms with Gasteiger partial charge in [0.15, 0.2) is 5.69 Å². The molecule has 0 aliphatic carbocycles. The second-order valence-corrected chi connectivity index (χ2v) is 4.08. The number of amides is 1. The highest BCUT2D eigenvalue weighted by molar-refractivity contribution is 5.98. The molecule has 0 saturated heterocycles. The van der Waals surface area contributed by atoms with Crippen molar-refractivity contribution in [3.63, 3.8) is 0 Å². The van der Waals surface area contributed by atoms with Crippen LogP contribution in [-0.4, -0.2) is 21.2 Å². The molecule has 1 atom stereocenters. The normalized spacial score (nSPS) is 18.1. The molecule has 102 valence electrons. The summed E-state index contributed by atoms with van der Waals surface area (Å²) in [5, 5.41) is 2.07. The molecule has 1 N–H and O–H groups in total. The molecular weight excluding hydrogens is 267 g/mol. The Balaban J connectivity index is 2.53. The number of rotatable bonds is 2. The number of anilines is 1. The van der Waals surface area contributed by atoms with Gasteiger partial charge in [-0.3, -0.25) is 24.3 Å². The summed E-state index contributed by atoms with van der Waals surface area (Å²) in [6, 6.07) is -0.841. The summed E-state index contributed by atoms with van der Waals surface area (Å²) < 4.78 is 38.2. The molecule has 6 nitrogen and oxygen atoms in total. The van der Waals surface area contributed by atoms with Crippen molar-refractivity contribution in [1.29, 1.82) is 0 Å². The predicted octanol–water partition coefficient (Wildman–Crippen LogP) is 0.734. The van der Waals surface area contributed by atoms with Crippen molar-refractivity contribution in [3.05, 3.63) is 22.1 Å². The summed E-state index contributed by atoms with van der Waals surface area (Å²) in [6.07, 6.45) is -5.05. The van der Waals surface area contributed by atoms with Crippen LogP contribution in [0.25, 0.3) is 0 Å². The number of fused-ring (bicyclic) bond motifs is 1. The summed E-state index contributed by atoms with van der Waals surface area (Å²) >= 11 is 0. The van der Waals surface area contributed by atoms with Crippen LogP contribution in [0.5, 0.6) is 0 Å². The Morgan fingerprint density at radius 3 is 2.63 bits per heavy atom. The molecule has 1 unspecified atom stereocenters. The number of alkyl halides is 3. The molecular formula is C10H8F3N3O3. The minimum absolute atomic E-state index is 0.272. The van der Waals surface area contributed by atoms with Gasteiger partial charge in [-0.2, -0.15) is 13.2 Å². The lowest BCUT2D eigenvalue weighted by Gasteiger charge is -2.10. The third-order valence-corrected chi connectivity index (χ3v) is 2.57. The zero-order chi connectivity index (χ0) is 14.4. The van der Waals surface area contributed by atoms with Gasteiger partial charge in [0.2, 0.25) is 11.9 Å². The molecule has 2 rings (SSSR count). The van der Waals surface area contributed by atoms with Crippen molar-refractivity contribution in [2.45, 2.75) is 25.6 Å². The minimum atomic E-state index is -4.78. The minimum Gasteiger partial charge on any atom is -0.300 e. The quantitative estimate of drug-likeness (QED) is 0.863. The molecule has 1 aliphatic rings. The molecule has 0 radical (unpaired) electrons. The number of nitrogens with one attached hydrogen (secondary N) is 1. The zero-order valence-electron chi connectivity index (χ0n) is 9.61. The van der Waals surface area contributed by atoms with E-state index in [9.17, 15) is 27.6 Å². The summed E-state index contributed by atoms with van der Waals surface area (Å²) in [4.78, 5) is 37.4. The fraction of sp³-hybridized carbons (Fsp3) is 0.400. The molecule has 0 saturated carbocycles. The zero-order valence-corrected chi connectivity index (χ0v) is 9.61. The number of carbonyl (C=O) groups excluding carboxylic acids is 2. The Kier molecular flexibility index (Phi) is 2.91. The first-order chi connectivity index (χ1) is 8.70. The average Bonchev–Trinajstić information content (AvgIpc) is 2.53. The number of aromatic nitrogens is 2. The van der Waals surface area contributed by atoms with Crippen LogP contribution in [-0.2, 0) is 15.8 Å². The van der Waals surface area contributed by atoms with E-state index in [1.165, 1.54) is 6.92 Å². The molecule has 2 heterocycles. The standard InChI is InChI=1S/C10H8F3N3O3/c1-4(17)2-5-8(19)15-9-14-6(10(11,12)13)3-7(18)16(5)9/h3,5H,2H2,1H3,(H,14,15,19). The van der Waals surface area contributed by atoms with Crippen molar-refractivity contribution < 1.29 is 22.8 Å². The number of nitrogens with zero attached hydrogens (tertiary/aromatic N) is 2. The van der Waals surface area contributed by atoms with Crippen molar-refractivity contribution in [3.8, 4) is 0 Å². The number of Topliss-reactive ketones (excluding diaryl/α,β-unsaturated/α-hetero) is 1. The van der Waals surface area contributed by atoms with Crippen LogP contribution >= 0.6 is 0 Å². The largest absolute Gasteiger partial charge is 0.433 e. The van der Waals surface area contributed by atoms with Gasteiger partial charge in [-0.05, 0) is 6.92 Å². The lowest BCUT2D eigenvalue weighted by Crippen LogP contribution is -2.27. The van der Waals surface area contributed by atoms with Crippen LogP contribution in [0.15, 0.2) is 10.9 Å². The molecule has 0 bridgehead atoms. The first-order valence-electron chi connectivity index (χ1n) is 5.21. The fourth-order valence-electron chi connectivity index (χ4n) is 1.79. The number of hydrogen-bond donors (Lipinski definition) is 1. The third-order valence-electron chi connectivity index (χ3n) is 2.57. The maximum atomic E-state index is 12.5. The van der Waals surface area contributed by atoms with Crippen molar-refractivity contribution in [2.75, 3.05) is 5.32 Å². The summed E-state index contributed by atoms with van der Waals surface area (Å²) in [7, 11) is 0. The van der Waals surface area contributed by atoms with Crippen molar-refractivity contribution >= 4 is 17.6 Å². The van der Waals surface area contributed by atoms with Crippen LogP contribution < -0.4 is 10.9 Å². The maximum Gasteiger partial charge on any atom is 0.433 e. The van der Waals surface area contributed by atoms with Crippen LogP contribution in [0, 0.1) is 0 Å². The summed E-state index contributed by atoms with van der Waals surface area (Å²) in [6.45, 7) is 1.22. The van der Waals surface area contributed by atoms with E-state index in [4.69, 9.17) is 0 Å². The highest BCUT2D eigenvalue weighted by atomic mass is 19.4. The van der Waals surface area contributed by atoms with Gasteiger partial charge < -0.3 is 0 Å². The molecule has 19 heavy (non-hydrogen) atoms. The fourth-order valence-corrected chi connectivity index (χ4v) is 1.79. The molecule has 0 aromatic carbocycles.